The average molecular weight is 1120 g/mol. The van der Waals surface area contributed by atoms with Gasteiger partial charge in [-0.25, -0.2) is 0 Å². The van der Waals surface area contributed by atoms with Crippen LogP contribution in [0.5, 0.6) is 5.75 Å². The predicted octanol–water partition coefficient (Wildman–Crippen LogP) is 2.26. The Morgan fingerprint density at radius 1 is 0.462 bits per heavy atom. The van der Waals surface area contributed by atoms with Crippen LogP contribution in [0.25, 0.3) is 0 Å². The summed E-state index contributed by atoms with van der Waals surface area (Å²) < 4.78 is 31.1. The first kappa shape index (κ1) is 70.6. The summed E-state index contributed by atoms with van der Waals surface area (Å²) in [6.45, 7) is 6.87. The number of hydrogen-bond acceptors (Lipinski definition) is 14. The Kier molecular flexibility index (Phi) is 37.6. The van der Waals surface area contributed by atoms with Gasteiger partial charge in [0.15, 0.2) is 0 Å². The van der Waals surface area contributed by atoms with Crippen molar-refractivity contribution >= 4 is 57.4 Å². The van der Waals surface area contributed by atoms with E-state index in [-0.39, 0.29) is 43.8 Å². The number of rotatable bonds is 45. The molecule has 0 fully saturated rings. The Morgan fingerprint density at radius 2 is 0.821 bits per heavy atom. The van der Waals surface area contributed by atoms with Crippen LogP contribution >= 0.6 is 0 Å². The van der Waals surface area contributed by atoms with Crippen LogP contribution in [-0.4, -0.2) is 140 Å². The van der Waals surface area contributed by atoms with Gasteiger partial charge >= 0.3 is 0 Å². The summed E-state index contributed by atoms with van der Waals surface area (Å²) in [5.74, 6) is -6.09. The molecule has 446 valence electrons. The Balaban J connectivity index is 3.04. The van der Waals surface area contributed by atoms with Crippen LogP contribution in [0, 0.1) is 0 Å². The number of benzene rings is 1. The third kappa shape index (κ3) is 33.1. The fourth-order valence-electron chi connectivity index (χ4n) is 8.39. The summed E-state index contributed by atoms with van der Waals surface area (Å²) in [6.07, 6.45) is 18.4. The minimum absolute atomic E-state index is 0.0308. The van der Waals surface area contributed by atoms with Gasteiger partial charge in [-0.2, -0.15) is 8.42 Å². The third-order valence-electron chi connectivity index (χ3n) is 13.2. The molecule has 0 bridgehead atoms. The molecule has 0 aliphatic carbocycles. The maximum absolute atomic E-state index is 13.8. The molecular formula is C54H97N11O12S. The average Bonchev–Trinajstić information content (AvgIpc) is 3.39. The molecule has 0 spiro atoms. The lowest BCUT2D eigenvalue weighted by molar-refractivity contribution is -0.135. The Morgan fingerprint density at radius 3 is 1.22 bits per heavy atom. The fourth-order valence-corrected chi connectivity index (χ4v) is 8.75. The molecule has 0 aliphatic rings. The van der Waals surface area contributed by atoms with E-state index in [4.69, 9.17) is 21.8 Å². The van der Waals surface area contributed by atoms with Gasteiger partial charge < -0.3 is 64.8 Å². The number of unbranched alkanes of at least 4 members (excludes halogenated alkanes) is 15. The zero-order valence-corrected chi connectivity index (χ0v) is 47.8. The summed E-state index contributed by atoms with van der Waals surface area (Å²) >= 11 is 0. The number of phenolic OH excluding ortho intramolecular Hbond substituents is 1. The van der Waals surface area contributed by atoms with E-state index in [2.05, 4.69) is 49.5 Å². The van der Waals surface area contributed by atoms with Crippen molar-refractivity contribution in [2.24, 2.45) is 17.2 Å². The monoisotopic (exact) mass is 1120 g/mol. The molecule has 7 atom stereocenters. The van der Waals surface area contributed by atoms with Crippen molar-refractivity contribution in [3.05, 3.63) is 29.8 Å². The summed E-state index contributed by atoms with van der Waals surface area (Å²) in [4.78, 5) is 108. The molecule has 78 heavy (non-hydrogen) atoms. The van der Waals surface area contributed by atoms with E-state index in [0.29, 0.717) is 70.1 Å². The van der Waals surface area contributed by atoms with E-state index in [9.17, 15) is 51.9 Å². The highest BCUT2D eigenvalue weighted by molar-refractivity contribution is 7.85. The van der Waals surface area contributed by atoms with Crippen molar-refractivity contribution < 1.29 is 56.4 Å². The maximum Gasteiger partial charge on any atom is 0.266 e. The zero-order chi connectivity index (χ0) is 58.3. The summed E-state index contributed by atoms with van der Waals surface area (Å²) in [6, 6.07) is -2.04. The topological polar surface area (TPSA) is 385 Å². The largest absolute Gasteiger partial charge is 0.508 e. The Labute approximate surface area is 463 Å². The highest BCUT2D eigenvalue weighted by Crippen LogP contribution is 2.15. The maximum atomic E-state index is 13.8. The molecular weight excluding hydrogens is 1030 g/mol. The van der Waals surface area contributed by atoms with Crippen molar-refractivity contribution in [3.8, 4) is 5.75 Å². The Bertz CT molecular complexity index is 2050. The van der Waals surface area contributed by atoms with Gasteiger partial charge in [-0.3, -0.25) is 42.9 Å². The number of hydrogen-bond donors (Lipinski definition) is 13. The number of amides is 8. The van der Waals surface area contributed by atoms with Gasteiger partial charge in [0.1, 0.15) is 48.0 Å². The zero-order valence-electron chi connectivity index (χ0n) is 47.0. The summed E-state index contributed by atoms with van der Waals surface area (Å²) in [7, 11) is -4.35. The molecule has 0 aliphatic heterocycles. The van der Waals surface area contributed by atoms with Crippen LogP contribution in [0.1, 0.15) is 181 Å². The second-order valence-corrected chi connectivity index (χ2v) is 21.9. The third-order valence-corrected chi connectivity index (χ3v) is 13.9. The molecule has 1 aromatic rings. The molecule has 24 heteroatoms. The van der Waals surface area contributed by atoms with Gasteiger partial charge in [-0.15, -0.1) is 0 Å². The molecule has 0 saturated carbocycles. The normalized spacial score (nSPS) is 14.1. The van der Waals surface area contributed by atoms with Gasteiger partial charge in [0.25, 0.3) is 10.1 Å². The second kappa shape index (κ2) is 41.6. The minimum atomic E-state index is -4.35. The molecule has 7 unspecified atom stereocenters. The smallest absolute Gasteiger partial charge is 0.266 e. The molecule has 23 nitrogen and oxygen atoms in total. The predicted molar refractivity (Wildman–Crippen MR) is 301 cm³/mol. The van der Waals surface area contributed by atoms with E-state index in [1.165, 1.54) is 90.7 Å². The lowest BCUT2D eigenvalue weighted by Crippen LogP contribution is -2.59. The first-order valence-corrected chi connectivity index (χ1v) is 30.0. The van der Waals surface area contributed by atoms with Gasteiger partial charge in [0.2, 0.25) is 47.3 Å². The number of carbonyl (C=O) groups excluding carboxylic acids is 8. The molecule has 0 heterocycles. The molecule has 0 radical (unpaired) electrons. The first-order valence-electron chi connectivity index (χ1n) is 28.4. The first-order chi connectivity index (χ1) is 37.1. The fraction of sp³-hybridized carbons (Fsp3) is 0.741. The van der Waals surface area contributed by atoms with E-state index in [1.54, 1.807) is 12.1 Å². The lowest BCUT2D eigenvalue weighted by atomic mass is 10.0. The highest BCUT2D eigenvalue weighted by Gasteiger charge is 2.32. The SMILES string of the molecule is CCCCCCCCCCCCCCCC(=O)NC(Cc1ccc(O)cc1)C(=O)NC(C)C(=O)NC(CCCCN)C(=O)NC(C)C(=O)NC(CCCCN)C(=O)NC(CCCCN)C(=O)NC(C)C(=O)NCCS(=O)(=O)O. The standard InChI is InChI=1S/C54H97N11O12S/c1-5-6-7-8-9-10-11-12-13-14-15-16-17-27-47(67)62-46(37-41-28-30-42(66)31-29-41)54(74)61-40(4)50(70)63-43(24-18-21-32-55)51(71)60-39(3)49(69)64-45(26-20-23-34-57)53(73)65-44(25-19-22-33-56)52(72)59-38(2)48(68)58-35-36-78(75,76)77/h28-31,38-40,43-46,66H,5-27,32-37,55-57H2,1-4H3,(H,58,68)(H,59,72)(H,60,71)(H,61,74)(H,62,67)(H,63,70)(H,64,69)(H,65,73)(H,75,76,77). The van der Waals surface area contributed by atoms with Crippen LogP contribution in [0.2, 0.25) is 0 Å². The van der Waals surface area contributed by atoms with Crippen molar-refractivity contribution in [1.29, 1.82) is 0 Å². The molecule has 8 amide bonds. The van der Waals surface area contributed by atoms with Gasteiger partial charge in [-0.05, 0) is 122 Å². The van der Waals surface area contributed by atoms with Crippen molar-refractivity contribution in [3.63, 3.8) is 0 Å². The van der Waals surface area contributed by atoms with Gasteiger partial charge in [0.05, 0.1) is 5.75 Å². The van der Waals surface area contributed by atoms with E-state index in [1.807, 2.05) is 0 Å². The molecule has 1 rings (SSSR count). The van der Waals surface area contributed by atoms with E-state index in [0.717, 1.165) is 19.3 Å². The van der Waals surface area contributed by atoms with Crippen molar-refractivity contribution in [1.82, 2.24) is 42.5 Å². The van der Waals surface area contributed by atoms with Crippen LogP contribution < -0.4 is 59.7 Å². The van der Waals surface area contributed by atoms with Crippen LogP contribution in [0.15, 0.2) is 24.3 Å². The lowest BCUT2D eigenvalue weighted by Gasteiger charge is -2.26. The summed E-state index contributed by atoms with van der Waals surface area (Å²) in [5, 5.41) is 30.7. The summed E-state index contributed by atoms with van der Waals surface area (Å²) in [5.41, 5.74) is 17.8. The molecule has 1 aromatic carbocycles. The number of carbonyl (C=O) groups is 8. The number of nitrogens with one attached hydrogen (secondary N) is 8. The van der Waals surface area contributed by atoms with Crippen molar-refractivity contribution in [2.45, 2.75) is 224 Å². The number of aromatic hydroxyl groups is 1. The van der Waals surface area contributed by atoms with Gasteiger partial charge in [-0.1, -0.05) is 96.1 Å². The quantitative estimate of drug-likeness (QED) is 0.0329. The van der Waals surface area contributed by atoms with Crippen LogP contribution in [0.3, 0.4) is 0 Å². The minimum Gasteiger partial charge on any atom is -0.508 e. The Hall–Kier alpha value is -5.43. The van der Waals surface area contributed by atoms with Crippen molar-refractivity contribution in [2.75, 3.05) is 31.9 Å². The van der Waals surface area contributed by atoms with E-state index < -0.39 is 106 Å². The number of phenols is 1. The molecule has 0 aromatic heterocycles. The molecule has 0 saturated heterocycles. The molecule has 16 N–H and O–H groups in total. The van der Waals surface area contributed by atoms with Gasteiger partial charge in [0, 0.05) is 19.4 Å². The number of nitrogens with two attached hydrogens (primary N) is 3. The van der Waals surface area contributed by atoms with E-state index >= 15 is 0 Å². The van der Waals surface area contributed by atoms with Crippen LogP contribution in [-0.2, 0) is 54.9 Å². The second-order valence-electron chi connectivity index (χ2n) is 20.3. The van der Waals surface area contributed by atoms with Crippen LogP contribution in [0.4, 0.5) is 0 Å². The highest BCUT2D eigenvalue weighted by atomic mass is 32.2.